The number of hydrogen-bond acceptors (Lipinski definition) is 9. The van der Waals surface area contributed by atoms with Crippen LogP contribution >= 0.6 is 0 Å². The van der Waals surface area contributed by atoms with Crippen molar-refractivity contribution in [1.82, 2.24) is 9.73 Å². The molecule has 40 heavy (non-hydrogen) atoms. The summed E-state index contributed by atoms with van der Waals surface area (Å²) in [6.07, 6.45) is 1.79. The van der Waals surface area contributed by atoms with E-state index in [0.29, 0.717) is 35.0 Å². The summed E-state index contributed by atoms with van der Waals surface area (Å²) in [5.41, 5.74) is 3.88. The van der Waals surface area contributed by atoms with Crippen LogP contribution < -0.4 is 29.1 Å². The molecule has 0 heterocycles. The summed E-state index contributed by atoms with van der Waals surface area (Å²) < 4.78 is 54.8. The third-order valence-corrected chi connectivity index (χ3v) is 7.74. The number of ether oxygens (including phenoxy) is 5. The molecule has 12 heteroatoms. The summed E-state index contributed by atoms with van der Waals surface area (Å²) in [7, 11) is 3.26. The molecule has 0 aliphatic carbocycles. The number of nitrogens with one attached hydrogen (secondary N) is 1. The van der Waals surface area contributed by atoms with Crippen LogP contribution in [0.25, 0.3) is 0 Å². The lowest BCUT2D eigenvalue weighted by Gasteiger charge is -2.22. The summed E-state index contributed by atoms with van der Waals surface area (Å²) in [5, 5.41) is 3.99. The number of hydrogen-bond donors (Lipinski definition) is 1. The summed E-state index contributed by atoms with van der Waals surface area (Å²) in [6, 6.07) is 17.0. The molecule has 214 valence electrons. The SMILES string of the molecule is COc1ccc(S(=O)(=O)N(CCc2ccccc2)CC(=O)N/N=C\c2cc(OC)c(OC)c(OC)c2)cc1OC. The molecular formula is C28H33N3O8S. The van der Waals surface area contributed by atoms with Crippen molar-refractivity contribution >= 4 is 22.1 Å². The van der Waals surface area contributed by atoms with Gasteiger partial charge in [0.05, 0.1) is 53.2 Å². The second kappa shape index (κ2) is 14.2. The molecule has 3 aromatic rings. The van der Waals surface area contributed by atoms with Crippen molar-refractivity contribution in [2.75, 3.05) is 48.6 Å². The van der Waals surface area contributed by atoms with E-state index in [9.17, 15) is 13.2 Å². The van der Waals surface area contributed by atoms with Crippen molar-refractivity contribution in [1.29, 1.82) is 0 Å². The molecule has 1 amide bonds. The normalized spacial score (nSPS) is 11.3. The molecular weight excluding hydrogens is 538 g/mol. The Labute approximate surface area is 234 Å². The van der Waals surface area contributed by atoms with Gasteiger partial charge in [-0.25, -0.2) is 13.8 Å². The zero-order valence-electron chi connectivity index (χ0n) is 23.0. The zero-order chi connectivity index (χ0) is 29.1. The first kappa shape index (κ1) is 30.3. The van der Waals surface area contributed by atoms with Crippen LogP contribution in [0.3, 0.4) is 0 Å². The molecule has 0 saturated carbocycles. The van der Waals surface area contributed by atoms with Crippen molar-refractivity contribution in [2.24, 2.45) is 5.10 Å². The Morgan fingerprint density at radius 2 is 1.45 bits per heavy atom. The minimum atomic E-state index is -4.09. The van der Waals surface area contributed by atoms with Gasteiger partial charge in [0.2, 0.25) is 15.8 Å². The second-order valence-electron chi connectivity index (χ2n) is 8.34. The molecule has 1 N–H and O–H groups in total. The van der Waals surface area contributed by atoms with Crippen LogP contribution in [0.2, 0.25) is 0 Å². The number of nitrogens with zero attached hydrogens (tertiary/aromatic N) is 2. The molecule has 0 unspecified atom stereocenters. The Bertz CT molecular complexity index is 1400. The van der Waals surface area contributed by atoms with E-state index in [0.717, 1.165) is 9.87 Å². The molecule has 0 radical (unpaired) electrons. The monoisotopic (exact) mass is 571 g/mol. The lowest BCUT2D eigenvalue weighted by molar-refractivity contribution is -0.121. The first-order valence-corrected chi connectivity index (χ1v) is 13.6. The maximum atomic E-state index is 13.6. The van der Waals surface area contributed by atoms with Crippen LogP contribution in [0.4, 0.5) is 0 Å². The van der Waals surface area contributed by atoms with Crippen molar-refractivity contribution in [3.05, 3.63) is 71.8 Å². The van der Waals surface area contributed by atoms with E-state index in [1.165, 1.54) is 60.0 Å². The van der Waals surface area contributed by atoms with Gasteiger partial charge in [-0.05, 0) is 36.2 Å². The average Bonchev–Trinajstić information content (AvgIpc) is 2.98. The molecule has 0 spiro atoms. The molecule has 11 nitrogen and oxygen atoms in total. The fraction of sp³-hybridized carbons (Fsp3) is 0.286. The third-order valence-electron chi connectivity index (χ3n) is 5.90. The van der Waals surface area contributed by atoms with Gasteiger partial charge >= 0.3 is 0 Å². The van der Waals surface area contributed by atoms with Gasteiger partial charge in [-0.3, -0.25) is 4.79 Å². The van der Waals surface area contributed by atoms with Gasteiger partial charge in [-0.15, -0.1) is 0 Å². The highest BCUT2D eigenvalue weighted by molar-refractivity contribution is 7.89. The van der Waals surface area contributed by atoms with Crippen LogP contribution in [-0.2, 0) is 21.2 Å². The van der Waals surface area contributed by atoms with E-state index in [4.69, 9.17) is 23.7 Å². The highest BCUT2D eigenvalue weighted by Gasteiger charge is 2.27. The maximum absolute atomic E-state index is 13.6. The van der Waals surface area contributed by atoms with Crippen LogP contribution in [0.15, 0.2) is 70.7 Å². The van der Waals surface area contributed by atoms with E-state index < -0.39 is 22.5 Å². The van der Waals surface area contributed by atoms with Crippen LogP contribution in [0.5, 0.6) is 28.7 Å². The summed E-state index contributed by atoms with van der Waals surface area (Å²) in [5.74, 6) is 1.27. The van der Waals surface area contributed by atoms with Gasteiger partial charge in [0.15, 0.2) is 23.0 Å². The van der Waals surface area contributed by atoms with Crippen LogP contribution in [-0.4, -0.2) is 73.5 Å². The van der Waals surface area contributed by atoms with Gasteiger partial charge < -0.3 is 23.7 Å². The van der Waals surface area contributed by atoms with Crippen LogP contribution in [0.1, 0.15) is 11.1 Å². The van der Waals surface area contributed by atoms with Gasteiger partial charge in [0, 0.05) is 18.2 Å². The number of amides is 1. The van der Waals surface area contributed by atoms with Crippen molar-refractivity contribution in [2.45, 2.75) is 11.3 Å². The van der Waals surface area contributed by atoms with Crippen molar-refractivity contribution < 1.29 is 36.9 Å². The lowest BCUT2D eigenvalue weighted by atomic mass is 10.1. The van der Waals surface area contributed by atoms with Gasteiger partial charge in [0.1, 0.15) is 0 Å². The van der Waals surface area contributed by atoms with Gasteiger partial charge in [-0.2, -0.15) is 9.41 Å². The number of carbonyl (C=O) groups excluding carboxylic acids is 1. The molecule has 0 aromatic heterocycles. The second-order valence-corrected chi connectivity index (χ2v) is 10.3. The highest BCUT2D eigenvalue weighted by atomic mass is 32.2. The van der Waals surface area contributed by atoms with E-state index >= 15 is 0 Å². The first-order valence-electron chi connectivity index (χ1n) is 12.1. The smallest absolute Gasteiger partial charge is 0.255 e. The van der Waals surface area contributed by atoms with Crippen molar-refractivity contribution in [3.8, 4) is 28.7 Å². The number of carbonyl (C=O) groups is 1. The standard InChI is InChI=1S/C28H33N3O8S/c1-35-23-12-11-22(17-24(23)36-2)40(33,34)31(14-13-20-9-7-6-8-10-20)19-27(32)30-29-18-21-15-25(37-3)28(39-5)26(16-21)38-4/h6-12,15-18H,13-14,19H2,1-5H3,(H,30,32)/b29-18-. The summed E-state index contributed by atoms with van der Waals surface area (Å²) in [4.78, 5) is 12.8. The Hall–Kier alpha value is -4.29. The van der Waals surface area contributed by atoms with Gasteiger partial charge in [0.25, 0.3) is 5.91 Å². The Morgan fingerprint density at radius 3 is 2.02 bits per heavy atom. The minimum Gasteiger partial charge on any atom is -0.493 e. The predicted molar refractivity (Wildman–Crippen MR) is 150 cm³/mol. The van der Waals surface area contributed by atoms with E-state index in [-0.39, 0.29) is 17.2 Å². The summed E-state index contributed by atoms with van der Waals surface area (Å²) in [6.45, 7) is -0.402. The molecule has 0 aliphatic rings. The number of benzene rings is 3. The average molecular weight is 572 g/mol. The topological polar surface area (TPSA) is 125 Å². The molecule has 3 rings (SSSR count). The number of sulfonamides is 1. The fourth-order valence-electron chi connectivity index (χ4n) is 3.86. The Balaban J connectivity index is 1.82. The Kier molecular flexibility index (Phi) is 10.7. The molecule has 0 aliphatic heterocycles. The quantitative estimate of drug-likeness (QED) is 0.231. The highest BCUT2D eigenvalue weighted by Crippen LogP contribution is 2.37. The number of hydrazone groups is 1. The number of methoxy groups -OCH3 is 5. The Morgan fingerprint density at radius 1 is 0.825 bits per heavy atom. The molecule has 0 saturated heterocycles. The first-order chi connectivity index (χ1) is 19.3. The zero-order valence-corrected chi connectivity index (χ0v) is 23.9. The maximum Gasteiger partial charge on any atom is 0.255 e. The van der Waals surface area contributed by atoms with E-state index in [2.05, 4.69) is 10.5 Å². The van der Waals surface area contributed by atoms with Crippen molar-refractivity contribution in [3.63, 3.8) is 0 Å². The molecule has 0 fully saturated rings. The van der Waals surface area contributed by atoms with E-state index in [1.807, 2.05) is 30.3 Å². The number of rotatable bonds is 14. The summed E-state index contributed by atoms with van der Waals surface area (Å²) >= 11 is 0. The largest absolute Gasteiger partial charge is 0.493 e. The third kappa shape index (κ3) is 7.42. The molecule has 0 bridgehead atoms. The molecule has 3 aromatic carbocycles. The lowest BCUT2D eigenvalue weighted by Crippen LogP contribution is -2.40. The van der Waals surface area contributed by atoms with E-state index in [1.54, 1.807) is 12.1 Å². The molecule has 0 atom stereocenters. The predicted octanol–water partition coefficient (Wildman–Crippen LogP) is 3.11. The minimum absolute atomic E-state index is 0.0352. The van der Waals surface area contributed by atoms with Crippen LogP contribution in [0, 0.1) is 0 Å². The fourth-order valence-corrected chi connectivity index (χ4v) is 5.27. The van der Waals surface area contributed by atoms with Gasteiger partial charge in [-0.1, -0.05) is 30.3 Å².